The molecule has 3 atom stereocenters. The largest absolute Gasteiger partial charge is 0.481 e. The van der Waals surface area contributed by atoms with Crippen molar-refractivity contribution in [2.75, 3.05) is 6.61 Å². The Kier molecular flexibility index (Phi) is 8.06. The average molecular weight is 479 g/mol. The second-order valence-corrected chi connectivity index (χ2v) is 9.62. The lowest BCUT2D eigenvalue weighted by Crippen LogP contribution is -2.45. The molecular formula is C28H34N2O5. The SMILES string of the molecule is CCC[C@@H](CC(=O)O)NC(=O)[C@H]1CCC[C@@H](NC(=O)OCC2c3ccccc3-c3ccccc32)C1. The van der Waals surface area contributed by atoms with E-state index in [4.69, 9.17) is 9.84 Å². The molecule has 0 unspecified atom stereocenters. The van der Waals surface area contributed by atoms with Crippen LogP contribution in [0, 0.1) is 5.92 Å². The van der Waals surface area contributed by atoms with E-state index in [0.29, 0.717) is 12.8 Å². The van der Waals surface area contributed by atoms with E-state index in [1.807, 2.05) is 31.2 Å². The summed E-state index contributed by atoms with van der Waals surface area (Å²) >= 11 is 0. The van der Waals surface area contributed by atoms with E-state index in [2.05, 4.69) is 34.9 Å². The number of nitrogens with one attached hydrogen (secondary N) is 2. The van der Waals surface area contributed by atoms with Crippen molar-refractivity contribution in [3.05, 3.63) is 59.7 Å². The van der Waals surface area contributed by atoms with Gasteiger partial charge in [-0.3, -0.25) is 9.59 Å². The van der Waals surface area contributed by atoms with Crippen molar-refractivity contribution in [3.8, 4) is 11.1 Å². The molecule has 186 valence electrons. The van der Waals surface area contributed by atoms with Gasteiger partial charge in [0.05, 0.1) is 6.42 Å². The van der Waals surface area contributed by atoms with Gasteiger partial charge in [-0.1, -0.05) is 68.3 Å². The molecule has 0 saturated heterocycles. The molecule has 0 aromatic heterocycles. The molecule has 1 fully saturated rings. The highest BCUT2D eigenvalue weighted by Crippen LogP contribution is 2.44. The van der Waals surface area contributed by atoms with Crippen LogP contribution >= 0.6 is 0 Å². The third kappa shape index (κ3) is 6.02. The topological polar surface area (TPSA) is 105 Å². The number of rotatable bonds is 9. The Morgan fingerprint density at radius 2 is 1.69 bits per heavy atom. The molecule has 35 heavy (non-hydrogen) atoms. The standard InChI is InChI=1S/C28H34N2O5/c1-2-8-19(16-26(31)32)29-27(33)18-9-7-10-20(15-18)30-28(34)35-17-25-23-13-5-3-11-21(23)22-12-4-6-14-24(22)25/h3-6,11-14,18-20,25H,2,7-10,15-17H2,1H3,(H,29,33)(H,30,34)(H,31,32)/t18-,19-,20+/m0/s1. The Labute approximate surface area is 206 Å². The fraction of sp³-hybridized carbons (Fsp3) is 0.464. The van der Waals surface area contributed by atoms with Crippen LogP contribution in [0.1, 0.15) is 68.9 Å². The van der Waals surface area contributed by atoms with Crippen LogP contribution < -0.4 is 10.6 Å². The minimum atomic E-state index is -0.915. The van der Waals surface area contributed by atoms with Crippen molar-refractivity contribution in [1.29, 1.82) is 0 Å². The molecule has 0 heterocycles. The third-order valence-corrected chi connectivity index (χ3v) is 7.12. The first-order valence-electron chi connectivity index (χ1n) is 12.6. The number of hydrogen-bond donors (Lipinski definition) is 3. The van der Waals surface area contributed by atoms with E-state index in [1.54, 1.807) is 0 Å². The summed E-state index contributed by atoms with van der Waals surface area (Å²) in [5.41, 5.74) is 4.70. The van der Waals surface area contributed by atoms with Gasteiger partial charge in [-0.15, -0.1) is 0 Å². The summed E-state index contributed by atoms with van der Waals surface area (Å²) < 4.78 is 5.66. The Morgan fingerprint density at radius 1 is 1.03 bits per heavy atom. The smallest absolute Gasteiger partial charge is 0.407 e. The van der Waals surface area contributed by atoms with E-state index in [9.17, 15) is 14.4 Å². The summed E-state index contributed by atoms with van der Waals surface area (Å²) in [4.78, 5) is 36.5. The van der Waals surface area contributed by atoms with Gasteiger partial charge in [0.15, 0.2) is 0 Å². The van der Waals surface area contributed by atoms with E-state index in [1.165, 1.54) is 22.3 Å². The Morgan fingerprint density at radius 3 is 2.31 bits per heavy atom. The molecule has 2 aliphatic rings. The molecule has 0 aliphatic heterocycles. The normalized spacial score (nSPS) is 19.8. The second-order valence-electron chi connectivity index (χ2n) is 9.62. The summed E-state index contributed by atoms with van der Waals surface area (Å²) in [6.45, 7) is 2.22. The van der Waals surface area contributed by atoms with Crippen molar-refractivity contribution >= 4 is 18.0 Å². The van der Waals surface area contributed by atoms with Crippen LogP contribution in [0.2, 0.25) is 0 Å². The zero-order valence-electron chi connectivity index (χ0n) is 20.2. The second kappa shape index (κ2) is 11.4. The minimum absolute atomic E-state index is 0.00256. The maximum Gasteiger partial charge on any atom is 0.407 e. The van der Waals surface area contributed by atoms with Gasteiger partial charge in [-0.25, -0.2) is 4.79 Å². The fourth-order valence-corrected chi connectivity index (χ4v) is 5.47. The predicted octanol–water partition coefficient (Wildman–Crippen LogP) is 4.84. The molecule has 7 heteroatoms. The van der Waals surface area contributed by atoms with Gasteiger partial charge in [0.25, 0.3) is 0 Å². The maximum atomic E-state index is 12.8. The molecule has 2 aromatic rings. The molecule has 0 radical (unpaired) electrons. The average Bonchev–Trinajstić information content (AvgIpc) is 3.16. The molecule has 1 saturated carbocycles. The number of hydrogen-bond acceptors (Lipinski definition) is 4. The number of carboxylic acid groups (broad SMARTS) is 1. The van der Waals surface area contributed by atoms with Gasteiger partial charge < -0.3 is 20.5 Å². The highest BCUT2D eigenvalue weighted by Gasteiger charge is 2.31. The summed E-state index contributed by atoms with van der Waals surface area (Å²) in [6, 6.07) is 15.9. The Bertz CT molecular complexity index is 1020. The Balaban J connectivity index is 1.30. The number of carboxylic acids is 1. The lowest BCUT2D eigenvalue weighted by Gasteiger charge is -2.30. The lowest BCUT2D eigenvalue weighted by atomic mass is 9.85. The maximum absolute atomic E-state index is 12.8. The van der Waals surface area contributed by atoms with Gasteiger partial charge in [-0.2, -0.15) is 0 Å². The summed E-state index contributed by atoms with van der Waals surface area (Å²) in [5, 5.41) is 15.0. The molecule has 2 aromatic carbocycles. The van der Waals surface area contributed by atoms with Gasteiger partial charge in [0.1, 0.15) is 6.61 Å². The molecule has 7 nitrogen and oxygen atoms in total. The molecule has 2 amide bonds. The van der Waals surface area contributed by atoms with Crippen LogP contribution in [0.3, 0.4) is 0 Å². The molecule has 0 spiro atoms. The predicted molar refractivity (Wildman–Crippen MR) is 133 cm³/mol. The lowest BCUT2D eigenvalue weighted by molar-refractivity contribution is -0.138. The number of carbonyl (C=O) groups excluding carboxylic acids is 2. The van der Waals surface area contributed by atoms with Gasteiger partial charge in [-0.05, 0) is 47.9 Å². The number of fused-ring (bicyclic) bond motifs is 3. The zero-order chi connectivity index (χ0) is 24.8. The van der Waals surface area contributed by atoms with Crippen molar-refractivity contribution in [3.63, 3.8) is 0 Å². The van der Waals surface area contributed by atoms with Crippen LogP contribution in [0.25, 0.3) is 11.1 Å². The number of amides is 2. The van der Waals surface area contributed by atoms with Crippen LogP contribution in [0.5, 0.6) is 0 Å². The van der Waals surface area contributed by atoms with Crippen LogP contribution in [0.15, 0.2) is 48.5 Å². The highest BCUT2D eigenvalue weighted by atomic mass is 16.5. The third-order valence-electron chi connectivity index (χ3n) is 7.12. The first kappa shape index (κ1) is 24.8. The van der Waals surface area contributed by atoms with Crippen molar-refractivity contribution in [2.45, 2.75) is 69.9 Å². The fourth-order valence-electron chi connectivity index (χ4n) is 5.47. The van der Waals surface area contributed by atoms with Crippen LogP contribution in [-0.4, -0.2) is 41.8 Å². The van der Waals surface area contributed by atoms with Crippen molar-refractivity contribution in [1.82, 2.24) is 10.6 Å². The number of aliphatic carboxylic acids is 1. The summed E-state index contributed by atoms with van der Waals surface area (Å²) in [7, 11) is 0. The molecule has 2 aliphatic carbocycles. The molecule has 0 bridgehead atoms. The quantitative estimate of drug-likeness (QED) is 0.478. The first-order valence-corrected chi connectivity index (χ1v) is 12.6. The highest BCUT2D eigenvalue weighted by molar-refractivity contribution is 5.80. The van der Waals surface area contributed by atoms with E-state index < -0.39 is 12.1 Å². The molecular weight excluding hydrogens is 444 g/mol. The Hall–Kier alpha value is -3.35. The minimum Gasteiger partial charge on any atom is -0.481 e. The first-order chi connectivity index (χ1) is 17.0. The van der Waals surface area contributed by atoms with Gasteiger partial charge >= 0.3 is 12.1 Å². The number of alkyl carbamates (subject to hydrolysis) is 1. The zero-order valence-corrected chi connectivity index (χ0v) is 20.2. The van der Waals surface area contributed by atoms with E-state index >= 15 is 0 Å². The number of ether oxygens (including phenoxy) is 1. The number of carbonyl (C=O) groups is 3. The van der Waals surface area contributed by atoms with E-state index in [0.717, 1.165) is 25.7 Å². The summed E-state index contributed by atoms with van der Waals surface area (Å²) in [5.74, 6) is -1.27. The van der Waals surface area contributed by atoms with E-state index in [-0.39, 0.29) is 42.9 Å². The number of benzene rings is 2. The van der Waals surface area contributed by atoms with Crippen molar-refractivity contribution in [2.24, 2.45) is 5.92 Å². The van der Waals surface area contributed by atoms with Crippen LogP contribution in [0.4, 0.5) is 4.79 Å². The summed E-state index contributed by atoms with van der Waals surface area (Å²) in [6.07, 6.45) is 3.77. The van der Waals surface area contributed by atoms with Gasteiger partial charge in [0, 0.05) is 23.9 Å². The monoisotopic (exact) mass is 478 g/mol. The molecule has 3 N–H and O–H groups in total. The molecule has 4 rings (SSSR count). The van der Waals surface area contributed by atoms with Crippen LogP contribution in [-0.2, 0) is 14.3 Å². The van der Waals surface area contributed by atoms with Gasteiger partial charge in [0.2, 0.25) is 5.91 Å². The van der Waals surface area contributed by atoms with Crippen molar-refractivity contribution < 1.29 is 24.2 Å².